The first-order chi connectivity index (χ1) is 12.6. The number of rotatable bonds is 6. The highest BCUT2D eigenvalue weighted by molar-refractivity contribution is 6.30. The third-order valence-corrected chi connectivity index (χ3v) is 4.16. The number of methoxy groups -OCH3 is 1. The Kier molecular flexibility index (Phi) is 5.77. The predicted octanol–water partition coefficient (Wildman–Crippen LogP) is 5.21. The molecule has 3 aromatic carbocycles. The van der Waals surface area contributed by atoms with Crippen molar-refractivity contribution in [2.45, 2.75) is 6.54 Å². The molecule has 0 unspecified atom stereocenters. The fourth-order valence-corrected chi connectivity index (χ4v) is 2.55. The molecule has 4 nitrogen and oxygen atoms in total. The Morgan fingerprint density at radius 1 is 0.885 bits per heavy atom. The minimum atomic E-state index is -0.166. The molecule has 0 atom stereocenters. The largest absolute Gasteiger partial charge is 0.497 e. The van der Waals surface area contributed by atoms with Gasteiger partial charge in [-0.1, -0.05) is 23.7 Å². The predicted molar refractivity (Wildman–Crippen MR) is 106 cm³/mol. The van der Waals surface area contributed by atoms with Crippen LogP contribution in [0.25, 0.3) is 0 Å². The SMILES string of the molecule is COc1ccc(CNc2ccc(NC(=O)c3ccc(Cl)cc3)cc2)cc1. The van der Waals surface area contributed by atoms with Gasteiger partial charge in [-0.3, -0.25) is 4.79 Å². The number of benzene rings is 3. The molecule has 0 bridgehead atoms. The van der Waals surface area contributed by atoms with Crippen LogP contribution in [0, 0.1) is 0 Å². The second kappa shape index (κ2) is 8.41. The van der Waals surface area contributed by atoms with Gasteiger partial charge in [-0.2, -0.15) is 0 Å². The Morgan fingerprint density at radius 3 is 2.12 bits per heavy atom. The summed E-state index contributed by atoms with van der Waals surface area (Å²) >= 11 is 5.84. The number of hydrogen-bond donors (Lipinski definition) is 2. The number of amides is 1. The maximum absolute atomic E-state index is 12.2. The minimum Gasteiger partial charge on any atom is -0.497 e. The van der Waals surface area contributed by atoms with E-state index in [9.17, 15) is 4.79 Å². The monoisotopic (exact) mass is 366 g/mol. The van der Waals surface area contributed by atoms with Crippen LogP contribution in [-0.4, -0.2) is 13.0 Å². The lowest BCUT2D eigenvalue weighted by Gasteiger charge is -2.09. The van der Waals surface area contributed by atoms with Gasteiger partial charge in [0.15, 0.2) is 0 Å². The fourth-order valence-electron chi connectivity index (χ4n) is 2.42. The molecule has 0 aliphatic heterocycles. The van der Waals surface area contributed by atoms with Crippen molar-refractivity contribution >= 4 is 28.9 Å². The summed E-state index contributed by atoms with van der Waals surface area (Å²) in [6.45, 7) is 0.709. The summed E-state index contributed by atoms with van der Waals surface area (Å²) < 4.78 is 5.15. The smallest absolute Gasteiger partial charge is 0.255 e. The van der Waals surface area contributed by atoms with Crippen molar-refractivity contribution in [3.8, 4) is 5.75 Å². The first-order valence-electron chi connectivity index (χ1n) is 8.18. The maximum atomic E-state index is 12.2. The number of halogens is 1. The van der Waals surface area contributed by atoms with E-state index < -0.39 is 0 Å². The van der Waals surface area contributed by atoms with Gasteiger partial charge in [-0.15, -0.1) is 0 Å². The van der Waals surface area contributed by atoms with E-state index in [4.69, 9.17) is 16.3 Å². The first-order valence-corrected chi connectivity index (χ1v) is 8.55. The normalized spacial score (nSPS) is 10.2. The lowest BCUT2D eigenvalue weighted by atomic mass is 10.2. The molecule has 0 fully saturated rings. The van der Waals surface area contributed by atoms with Crippen molar-refractivity contribution in [3.63, 3.8) is 0 Å². The molecule has 0 saturated carbocycles. The molecule has 26 heavy (non-hydrogen) atoms. The van der Waals surface area contributed by atoms with Crippen molar-refractivity contribution < 1.29 is 9.53 Å². The van der Waals surface area contributed by atoms with E-state index in [-0.39, 0.29) is 5.91 Å². The van der Waals surface area contributed by atoms with Crippen molar-refractivity contribution in [1.29, 1.82) is 0 Å². The lowest BCUT2D eigenvalue weighted by Crippen LogP contribution is -2.11. The van der Waals surface area contributed by atoms with Crippen LogP contribution in [0.3, 0.4) is 0 Å². The Hall–Kier alpha value is -2.98. The van der Waals surface area contributed by atoms with Crippen LogP contribution in [-0.2, 0) is 6.54 Å². The summed E-state index contributed by atoms with van der Waals surface area (Å²) in [5.74, 6) is 0.676. The summed E-state index contributed by atoms with van der Waals surface area (Å²) in [4.78, 5) is 12.2. The number of hydrogen-bond acceptors (Lipinski definition) is 3. The van der Waals surface area contributed by atoms with E-state index in [2.05, 4.69) is 10.6 Å². The zero-order valence-corrected chi connectivity index (χ0v) is 15.1. The van der Waals surface area contributed by atoms with Gasteiger partial charge < -0.3 is 15.4 Å². The van der Waals surface area contributed by atoms with E-state index in [0.29, 0.717) is 17.1 Å². The molecule has 5 heteroatoms. The number of anilines is 2. The van der Waals surface area contributed by atoms with Crippen molar-refractivity contribution in [3.05, 3.63) is 88.9 Å². The van der Waals surface area contributed by atoms with Crippen LogP contribution in [0.2, 0.25) is 5.02 Å². The Labute approximate surface area is 157 Å². The van der Waals surface area contributed by atoms with Crippen LogP contribution in [0.15, 0.2) is 72.8 Å². The summed E-state index contributed by atoms with van der Waals surface area (Å²) in [7, 11) is 1.65. The number of carbonyl (C=O) groups excluding carboxylic acids is 1. The molecule has 3 rings (SSSR count). The molecule has 3 aromatic rings. The third-order valence-electron chi connectivity index (χ3n) is 3.90. The average molecular weight is 367 g/mol. The first kappa shape index (κ1) is 17.8. The molecule has 0 aromatic heterocycles. The second-order valence-corrected chi connectivity index (χ2v) is 6.18. The molecule has 0 radical (unpaired) electrons. The minimum absolute atomic E-state index is 0.166. The number of carbonyl (C=O) groups is 1. The fraction of sp³-hybridized carbons (Fsp3) is 0.0952. The zero-order valence-electron chi connectivity index (χ0n) is 14.3. The topological polar surface area (TPSA) is 50.4 Å². The van der Waals surface area contributed by atoms with Gasteiger partial charge in [0.05, 0.1) is 7.11 Å². The molecule has 0 saturated heterocycles. The van der Waals surface area contributed by atoms with E-state index in [1.54, 1.807) is 31.4 Å². The van der Waals surface area contributed by atoms with E-state index >= 15 is 0 Å². The standard InChI is InChI=1S/C21H19ClN2O2/c1-26-20-12-2-15(3-13-20)14-23-18-8-10-19(11-9-18)24-21(25)16-4-6-17(22)7-5-16/h2-13,23H,14H2,1H3,(H,24,25). The molecule has 2 N–H and O–H groups in total. The van der Waals surface area contributed by atoms with Crippen molar-refractivity contribution in [2.75, 3.05) is 17.7 Å². The quantitative estimate of drug-likeness (QED) is 0.629. The van der Waals surface area contributed by atoms with Gasteiger partial charge in [0.25, 0.3) is 5.91 Å². The Bertz CT molecular complexity index is 860. The highest BCUT2D eigenvalue weighted by Crippen LogP contribution is 2.17. The van der Waals surface area contributed by atoms with Crippen LogP contribution < -0.4 is 15.4 Å². The molecule has 0 spiro atoms. The van der Waals surface area contributed by atoms with Gasteiger partial charge >= 0.3 is 0 Å². The molecule has 0 aliphatic carbocycles. The summed E-state index contributed by atoms with van der Waals surface area (Å²) in [5, 5.41) is 6.82. The highest BCUT2D eigenvalue weighted by atomic mass is 35.5. The molecule has 132 valence electrons. The van der Waals surface area contributed by atoms with Crippen LogP contribution in [0.5, 0.6) is 5.75 Å². The number of nitrogens with one attached hydrogen (secondary N) is 2. The van der Waals surface area contributed by atoms with Crippen molar-refractivity contribution in [1.82, 2.24) is 0 Å². The highest BCUT2D eigenvalue weighted by Gasteiger charge is 2.05. The van der Waals surface area contributed by atoms with Gasteiger partial charge in [0.2, 0.25) is 0 Å². The van der Waals surface area contributed by atoms with E-state index in [1.807, 2.05) is 48.5 Å². The Morgan fingerprint density at radius 2 is 1.50 bits per heavy atom. The second-order valence-electron chi connectivity index (χ2n) is 5.74. The Balaban J connectivity index is 1.55. The van der Waals surface area contributed by atoms with Gasteiger partial charge in [0.1, 0.15) is 5.75 Å². The van der Waals surface area contributed by atoms with Crippen molar-refractivity contribution in [2.24, 2.45) is 0 Å². The summed E-state index contributed by atoms with van der Waals surface area (Å²) in [5.41, 5.74) is 3.44. The van der Waals surface area contributed by atoms with E-state index in [1.165, 1.54) is 0 Å². The molecule has 1 amide bonds. The summed E-state index contributed by atoms with van der Waals surface area (Å²) in [6, 6.07) is 22.3. The number of ether oxygens (including phenoxy) is 1. The van der Waals surface area contributed by atoms with Gasteiger partial charge in [0, 0.05) is 28.5 Å². The average Bonchev–Trinajstić information content (AvgIpc) is 2.68. The molecular formula is C21H19ClN2O2. The maximum Gasteiger partial charge on any atom is 0.255 e. The third kappa shape index (κ3) is 4.77. The van der Waals surface area contributed by atoms with E-state index in [0.717, 1.165) is 22.7 Å². The van der Waals surface area contributed by atoms with Crippen LogP contribution >= 0.6 is 11.6 Å². The zero-order chi connectivity index (χ0) is 18.4. The molecule has 0 heterocycles. The lowest BCUT2D eigenvalue weighted by molar-refractivity contribution is 0.102. The molecular weight excluding hydrogens is 348 g/mol. The summed E-state index contributed by atoms with van der Waals surface area (Å²) in [6.07, 6.45) is 0. The van der Waals surface area contributed by atoms with Crippen LogP contribution in [0.1, 0.15) is 15.9 Å². The van der Waals surface area contributed by atoms with Gasteiger partial charge in [-0.25, -0.2) is 0 Å². The van der Waals surface area contributed by atoms with Gasteiger partial charge in [-0.05, 0) is 66.2 Å². The van der Waals surface area contributed by atoms with Crippen LogP contribution in [0.4, 0.5) is 11.4 Å². The molecule has 0 aliphatic rings.